The van der Waals surface area contributed by atoms with Crippen molar-refractivity contribution in [1.29, 1.82) is 0 Å². The van der Waals surface area contributed by atoms with Gasteiger partial charge in [-0.3, -0.25) is 0 Å². The van der Waals surface area contributed by atoms with Crippen LogP contribution in [0.15, 0.2) is 18.2 Å². The van der Waals surface area contributed by atoms with Crippen molar-refractivity contribution >= 4 is 15.9 Å². The molecule has 0 spiro atoms. The summed E-state index contributed by atoms with van der Waals surface area (Å²) in [6.45, 7) is 11.4. The third kappa shape index (κ3) is 3.58. The minimum Gasteiger partial charge on any atom is -0.0836 e. The first-order valence-corrected chi connectivity index (χ1v) is 7.68. The highest BCUT2D eigenvalue weighted by atomic mass is 79.9. The molecule has 1 aromatic carbocycles. The number of benzene rings is 1. The highest BCUT2D eigenvalue weighted by Gasteiger charge is 2.19. The Morgan fingerprint density at radius 3 is 2.06 bits per heavy atom. The minimum absolute atomic E-state index is 0.471. The van der Waals surface area contributed by atoms with E-state index in [1.165, 1.54) is 16.7 Å². The van der Waals surface area contributed by atoms with Gasteiger partial charge in [-0.15, -0.1) is 0 Å². The zero-order valence-electron chi connectivity index (χ0n) is 11.8. The van der Waals surface area contributed by atoms with Crippen molar-refractivity contribution in [3.8, 4) is 0 Å². The molecule has 0 bridgehead atoms. The van der Waals surface area contributed by atoms with Crippen molar-refractivity contribution in [1.82, 2.24) is 0 Å². The van der Waals surface area contributed by atoms with E-state index in [0.29, 0.717) is 16.7 Å². The second-order valence-electron chi connectivity index (χ2n) is 5.24. The van der Waals surface area contributed by atoms with Crippen molar-refractivity contribution in [2.24, 2.45) is 11.8 Å². The molecule has 17 heavy (non-hydrogen) atoms. The molecule has 2 atom stereocenters. The van der Waals surface area contributed by atoms with Crippen LogP contribution in [-0.4, -0.2) is 0 Å². The molecule has 1 rings (SSSR count). The van der Waals surface area contributed by atoms with Gasteiger partial charge in [0.2, 0.25) is 0 Å². The van der Waals surface area contributed by atoms with Gasteiger partial charge >= 0.3 is 0 Å². The van der Waals surface area contributed by atoms with Crippen LogP contribution in [0.25, 0.3) is 0 Å². The van der Waals surface area contributed by atoms with Gasteiger partial charge in [-0.25, -0.2) is 0 Å². The first-order valence-electron chi connectivity index (χ1n) is 6.76. The fourth-order valence-corrected chi connectivity index (χ4v) is 3.03. The summed E-state index contributed by atoms with van der Waals surface area (Å²) in [7, 11) is 0. The molecular formula is C16H25Br. The summed E-state index contributed by atoms with van der Waals surface area (Å²) >= 11 is 3.86. The van der Waals surface area contributed by atoms with Crippen LogP contribution >= 0.6 is 15.9 Å². The maximum absolute atomic E-state index is 3.86. The highest BCUT2D eigenvalue weighted by molar-refractivity contribution is 9.09. The standard InChI is InChI=1S/C16H25Br/c1-6-13-8-9-15(10-14(13)7-2)16(17)12(5)11(3)4/h8-12,16H,6-7H2,1-5H3. The number of aryl methyl sites for hydroxylation is 2. The van der Waals surface area contributed by atoms with Crippen molar-refractivity contribution in [2.45, 2.75) is 52.3 Å². The lowest BCUT2D eigenvalue weighted by molar-refractivity contribution is 0.414. The molecule has 0 saturated carbocycles. The molecule has 0 aliphatic rings. The Bertz CT molecular complexity index is 355. The molecule has 0 saturated heterocycles. The van der Waals surface area contributed by atoms with Gasteiger partial charge in [-0.1, -0.05) is 68.7 Å². The first kappa shape index (κ1) is 14.8. The predicted molar refractivity (Wildman–Crippen MR) is 80.9 cm³/mol. The number of hydrogen-bond acceptors (Lipinski definition) is 0. The van der Waals surface area contributed by atoms with Gasteiger partial charge in [0.15, 0.2) is 0 Å². The van der Waals surface area contributed by atoms with Gasteiger partial charge in [0.05, 0.1) is 0 Å². The predicted octanol–water partition coefficient (Wildman–Crippen LogP) is 5.54. The maximum Gasteiger partial charge on any atom is 0.0423 e. The highest BCUT2D eigenvalue weighted by Crippen LogP contribution is 2.36. The molecule has 0 aliphatic carbocycles. The monoisotopic (exact) mass is 296 g/mol. The Balaban J connectivity index is 2.99. The molecule has 0 aromatic heterocycles. The van der Waals surface area contributed by atoms with E-state index in [-0.39, 0.29) is 0 Å². The number of rotatable bonds is 5. The van der Waals surface area contributed by atoms with Gasteiger partial charge in [-0.05, 0) is 41.4 Å². The van der Waals surface area contributed by atoms with E-state index in [2.05, 4.69) is 68.7 Å². The van der Waals surface area contributed by atoms with Gasteiger partial charge < -0.3 is 0 Å². The first-order chi connectivity index (χ1) is 8.01. The molecule has 0 amide bonds. The molecule has 1 heteroatoms. The van der Waals surface area contributed by atoms with Crippen LogP contribution in [0, 0.1) is 11.8 Å². The zero-order valence-corrected chi connectivity index (χ0v) is 13.3. The summed E-state index contributed by atoms with van der Waals surface area (Å²) in [4.78, 5) is 0.471. The lowest BCUT2D eigenvalue weighted by atomic mass is 9.89. The van der Waals surface area contributed by atoms with E-state index >= 15 is 0 Å². The molecule has 0 nitrogen and oxygen atoms in total. The second kappa shape index (κ2) is 6.58. The van der Waals surface area contributed by atoms with Gasteiger partial charge in [0.25, 0.3) is 0 Å². The zero-order chi connectivity index (χ0) is 13.0. The van der Waals surface area contributed by atoms with Crippen LogP contribution < -0.4 is 0 Å². The quantitative estimate of drug-likeness (QED) is 0.626. The van der Waals surface area contributed by atoms with Crippen LogP contribution in [0.1, 0.15) is 56.1 Å². The van der Waals surface area contributed by atoms with E-state index in [1.807, 2.05) is 0 Å². The summed E-state index contributed by atoms with van der Waals surface area (Å²) < 4.78 is 0. The van der Waals surface area contributed by atoms with E-state index in [4.69, 9.17) is 0 Å². The number of hydrogen-bond donors (Lipinski definition) is 0. The van der Waals surface area contributed by atoms with E-state index in [0.717, 1.165) is 12.8 Å². The van der Waals surface area contributed by atoms with E-state index in [1.54, 1.807) is 0 Å². The summed E-state index contributed by atoms with van der Waals surface area (Å²) in [6.07, 6.45) is 2.27. The molecule has 0 aliphatic heterocycles. The molecule has 2 unspecified atom stereocenters. The summed E-state index contributed by atoms with van der Waals surface area (Å²) in [5.41, 5.74) is 4.43. The lowest BCUT2D eigenvalue weighted by Crippen LogP contribution is -2.11. The smallest absolute Gasteiger partial charge is 0.0423 e. The number of halogens is 1. The fraction of sp³-hybridized carbons (Fsp3) is 0.625. The minimum atomic E-state index is 0.471. The third-order valence-electron chi connectivity index (χ3n) is 3.82. The van der Waals surface area contributed by atoms with Crippen molar-refractivity contribution in [2.75, 3.05) is 0 Å². The van der Waals surface area contributed by atoms with Gasteiger partial charge in [0.1, 0.15) is 0 Å². The normalized spacial score (nSPS) is 15.0. The summed E-state index contributed by atoms with van der Waals surface area (Å²) in [6, 6.07) is 6.98. The topological polar surface area (TPSA) is 0 Å². The largest absolute Gasteiger partial charge is 0.0836 e. The van der Waals surface area contributed by atoms with Crippen molar-refractivity contribution < 1.29 is 0 Å². The molecule has 0 heterocycles. The average Bonchev–Trinajstić information content (AvgIpc) is 2.35. The average molecular weight is 297 g/mol. The van der Waals surface area contributed by atoms with Crippen LogP contribution in [0.5, 0.6) is 0 Å². The summed E-state index contributed by atoms with van der Waals surface area (Å²) in [5.74, 6) is 1.36. The Kier molecular flexibility index (Phi) is 5.72. The maximum atomic E-state index is 3.86. The molecule has 0 radical (unpaired) electrons. The van der Waals surface area contributed by atoms with Gasteiger partial charge in [-0.2, -0.15) is 0 Å². The Morgan fingerprint density at radius 2 is 1.59 bits per heavy atom. The van der Waals surface area contributed by atoms with Crippen LogP contribution in [-0.2, 0) is 12.8 Å². The third-order valence-corrected chi connectivity index (χ3v) is 5.19. The van der Waals surface area contributed by atoms with Crippen molar-refractivity contribution in [3.63, 3.8) is 0 Å². The summed E-state index contributed by atoms with van der Waals surface area (Å²) in [5, 5.41) is 0. The molecule has 1 aromatic rings. The molecule has 96 valence electrons. The Hall–Kier alpha value is -0.300. The van der Waals surface area contributed by atoms with Crippen LogP contribution in [0.3, 0.4) is 0 Å². The van der Waals surface area contributed by atoms with E-state index < -0.39 is 0 Å². The molecule has 0 fully saturated rings. The van der Waals surface area contributed by atoms with Crippen LogP contribution in [0.2, 0.25) is 0 Å². The molecular weight excluding hydrogens is 272 g/mol. The fourth-order valence-electron chi connectivity index (χ4n) is 2.13. The van der Waals surface area contributed by atoms with Gasteiger partial charge in [0, 0.05) is 4.83 Å². The lowest BCUT2D eigenvalue weighted by Gasteiger charge is -2.23. The SMILES string of the molecule is CCc1ccc(C(Br)C(C)C(C)C)cc1CC. The second-order valence-corrected chi connectivity index (χ2v) is 6.23. The van der Waals surface area contributed by atoms with E-state index in [9.17, 15) is 0 Å². The number of alkyl halides is 1. The Labute approximate surface area is 115 Å². The Morgan fingerprint density at radius 1 is 1.00 bits per heavy atom. The van der Waals surface area contributed by atoms with Crippen molar-refractivity contribution in [3.05, 3.63) is 34.9 Å². The molecule has 0 N–H and O–H groups in total. The van der Waals surface area contributed by atoms with Crippen LogP contribution in [0.4, 0.5) is 0 Å².